The monoisotopic (exact) mass is 485 g/mol. The number of guanidine groups is 1. The van der Waals surface area contributed by atoms with Gasteiger partial charge in [-0.3, -0.25) is 9.20 Å². The van der Waals surface area contributed by atoms with Gasteiger partial charge in [-0.1, -0.05) is 42.5 Å². The second kappa shape index (κ2) is 12.1. The number of nitrogens with zero attached hydrogens (tertiary/aromatic N) is 2. The number of nitrogens with one attached hydrogen (secondary N) is 1. The summed E-state index contributed by atoms with van der Waals surface area (Å²) >= 11 is 0. The molecular formula is C20H28IN3OS. The lowest BCUT2D eigenvalue weighted by molar-refractivity contribution is 0.476. The zero-order valence-electron chi connectivity index (χ0n) is 15.6. The van der Waals surface area contributed by atoms with E-state index in [2.05, 4.69) is 53.3 Å². The Morgan fingerprint density at radius 1 is 1.12 bits per heavy atom. The Morgan fingerprint density at radius 2 is 1.77 bits per heavy atom. The number of rotatable bonds is 7. The van der Waals surface area contributed by atoms with Crippen molar-refractivity contribution in [2.24, 2.45) is 4.99 Å². The average Bonchev–Trinajstić information content (AvgIpc) is 2.63. The molecule has 142 valence electrons. The molecule has 1 atom stereocenters. The SMILES string of the molecule is CCNC(=NCCS(=O)c1ccccc1)N(C)Cc1ccccc1C.I. The molecule has 0 spiro atoms. The molecule has 0 saturated heterocycles. The first kappa shape index (κ1) is 22.6. The van der Waals surface area contributed by atoms with Crippen LogP contribution in [0.1, 0.15) is 18.1 Å². The fourth-order valence-corrected chi connectivity index (χ4v) is 3.47. The standard InChI is InChI=1S/C20H27N3OS.HI/c1-4-21-20(23(3)16-18-11-9-8-10-17(18)2)22-14-15-25(24)19-12-6-5-7-13-19;/h5-13H,4,14-16H2,1-3H3,(H,21,22);1H. The highest BCUT2D eigenvalue weighted by molar-refractivity contribution is 14.0. The van der Waals surface area contributed by atoms with E-state index in [1.54, 1.807) is 0 Å². The van der Waals surface area contributed by atoms with Crippen LogP contribution >= 0.6 is 24.0 Å². The number of benzene rings is 2. The molecule has 0 radical (unpaired) electrons. The number of hydrogen-bond acceptors (Lipinski definition) is 2. The van der Waals surface area contributed by atoms with Gasteiger partial charge in [-0.05, 0) is 37.1 Å². The topological polar surface area (TPSA) is 44.7 Å². The molecule has 0 bridgehead atoms. The van der Waals surface area contributed by atoms with Gasteiger partial charge in [-0.15, -0.1) is 24.0 Å². The summed E-state index contributed by atoms with van der Waals surface area (Å²) in [6.45, 7) is 6.30. The van der Waals surface area contributed by atoms with Crippen LogP contribution in [0.5, 0.6) is 0 Å². The quantitative estimate of drug-likeness (QED) is 0.369. The Kier molecular flexibility index (Phi) is 10.5. The Labute approximate surface area is 176 Å². The number of hydrogen-bond donors (Lipinski definition) is 1. The summed E-state index contributed by atoms with van der Waals surface area (Å²) in [5.74, 6) is 1.37. The van der Waals surface area contributed by atoms with Gasteiger partial charge in [-0.2, -0.15) is 0 Å². The second-order valence-electron chi connectivity index (χ2n) is 5.88. The maximum absolute atomic E-state index is 12.3. The Balaban J connectivity index is 0.00000338. The molecule has 1 unspecified atom stereocenters. The van der Waals surface area contributed by atoms with E-state index in [0.717, 1.165) is 23.9 Å². The van der Waals surface area contributed by atoms with Crippen LogP contribution in [0.25, 0.3) is 0 Å². The second-order valence-corrected chi connectivity index (χ2v) is 7.45. The molecule has 0 amide bonds. The van der Waals surface area contributed by atoms with Gasteiger partial charge in [0, 0.05) is 30.8 Å². The van der Waals surface area contributed by atoms with Crippen LogP contribution in [0, 0.1) is 6.92 Å². The number of halogens is 1. The van der Waals surface area contributed by atoms with Crippen molar-refractivity contribution in [3.63, 3.8) is 0 Å². The molecular weight excluding hydrogens is 457 g/mol. The van der Waals surface area contributed by atoms with E-state index in [1.807, 2.05) is 37.4 Å². The summed E-state index contributed by atoms with van der Waals surface area (Å²) in [5.41, 5.74) is 2.55. The first-order valence-electron chi connectivity index (χ1n) is 8.59. The van der Waals surface area contributed by atoms with Crippen LogP contribution < -0.4 is 5.32 Å². The minimum absolute atomic E-state index is 0. The van der Waals surface area contributed by atoms with E-state index in [4.69, 9.17) is 0 Å². The molecule has 6 heteroatoms. The van der Waals surface area contributed by atoms with E-state index in [1.165, 1.54) is 11.1 Å². The van der Waals surface area contributed by atoms with Crippen molar-refractivity contribution in [1.82, 2.24) is 10.2 Å². The van der Waals surface area contributed by atoms with Crippen LogP contribution in [-0.2, 0) is 17.3 Å². The third-order valence-corrected chi connectivity index (χ3v) is 5.26. The van der Waals surface area contributed by atoms with Gasteiger partial charge >= 0.3 is 0 Å². The zero-order valence-corrected chi connectivity index (χ0v) is 18.8. The van der Waals surface area contributed by atoms with Crippen molar-refractivity contribution >= 4 is 40.7 Å². The molecule has 0 aliphatic rings. The van der Waals surface area contributed by atoms with Gasteiger partial charge in [0.15, 0.2) is 5.96 Å². The highest BCUT2D eigenvalue weighted by Gasteiger charge is 2.08. The van der Waals surface area contributed by atoms with Gasteiger partial charge in [-0.25, -0.2) is 0 Å². The molecule has 0 heterocycles. The highest BCUT2D eigenvalue weighted by atomic mass is 127. The number of aliphatic imine (C=N–C) groups is 1. The van der Waals surface area contributed by atoms with E-state index >= 15 is 0 Å². The van der Waals surface area contributed by atoms with Crippen molar-refractivity contribution in [3.05, 3.63) is 65.7 Å². The Bertz CT molecular complexity index is 722. The van der Waals surface area contributed by atoms with Gasteiger partial charge in [0.1, 0.15) is 0 Å². The molecule has 4 nitrogen and oxygen atoms in total. The molecule has 2 rings (SSSR count). The molecule has 0 fully saturated rings. The summed E-state index contributed by atoms with van der Waals surface area (Å²) < 4.78 is 12.3. The Hall–Kier alpha value is -1.41. The van der Waals surface area contributed by atoms with Crippen LogP contribution in [0.15, 0.2) is 64.5 Å². The lowest BCUT2D eigenvalue weighted by Crippen LogP contribution is -2.38. The minimum Gasteiger partial charge on any atom is -0.357 e. The van der Waals surface area contributed by atoms with E-state index in [0.29, 0.717) is 12.3 Å². The van der Waals surface area contributed by atoms with Gasteiger partial charge < -0.3 is 10.2 Å². The van der Waals surface area contributed by atoms with Crippen LogP contribution in [0.2, 0.25) is 0 Å². The summed E-state index contributed by atoms with van der Waals surface area (Å²) in [5, 5.41) is 3.31. The van der Waals surface area contributed by atoms with E-state index in [-0.39, 0.29) is 24.0 Å². The normalized spacial score (nSPS) is 12.2. The van der Waals surface area contributed by atoms with E-state index < -0.39 is 10.8 Å². The molecule has 2 aromatic rings. The zero-order chi connectivity index (χ0) is 18.1. The van der Waals surface area contributed by atoms with Crippen molar-refractivity contribution in [1.29, 1.82) is 0 Å². The summed E-state index contributed by atoms with van der Waals surface area (Å²) in [4.78, 5) is 7.61. The summed E-state index contributed by atoms with van der Waals surface area (Å²) in [6, 6.07) is 17.9. The number of aryl methyl sites for hydroxylation is 1. The lowest BCUT2D eigenvalue weighted by atomic mass is 10.1. The third-order valence-electron chi connectivity index (χ3n) is 3.91. The smallest absolute Gasteiger partial charge is 0.193 e. The summed E-state index contributed by atoms with van der Waals surface area (Å²) in [6.07, 6.45) is 0. The van der Waals surface area contributed by atoms with Gasteiger partial charge in [0.05, 0.1) is 17.3 Å². The van der Waals surface area contributed by atoms with Crippen LogP contribution in [-0.4, -0.2) is 41.0 Å². The Morgan fingerprint density at radius 3 is 2.42 bits per heavy atom. The van der Waals surface area contributed by atoms with Gasteiger partial charge in [0.2, 0.25) is 0 Å². The molecule has 0 saturated carbocycles. The predicted octanol–water partition coefficient (Wildman–Crippen LogP) is 3.82. The predicted molar refractivity (Wildman–Crippen MR) is 122 cm³/mol. The maximum Gasteiger partial charge on any atom is 0.193 e. The fraction of sp³-hybridized carbons (Fsp3) is 0.350. The molecule has 0 aliphatic carbocycles. The lowest BCUT2D eigenvalue weighted by Gasteiger charge is -2.23. The van der Waals surface area contributed by atoms with Crippen molar-refractivity contribution in [3.8, 4) is 0 Å². The molecule has 2 aromatic carbocycles. The highest BCUT2D eigenvalue weighted by Crippen LogP contribution is 2.10. The average molecular weight is 485 g/mol. The summed E-state index contributed by atoms with van der Waals surface area (Å²) in [7, 11) is 1.02. The largest absolute Gasteiger partial charge is 0.357 e. The van der Waals surface area contributed by atoms with Crippen molar-refractivity contribution in [2.75, 3.05) is 25.9 Å². The first-order valence-corrected chi connectivity index (χ1v) is 9.91. The molecule has 0 aliphatic heterocycles. The van der Waals surface area contributed by atoms with Crippen molar-refractivity contribution < 1.29 is 4.21 Å². The maximum atomic E-state index is 12.3. The van der Waals surface area contributed by atoms with Gasteiger partial charge in [0.25, 0.3) is 0 Å². The molecule has 26 heavy (non-hydrogen) atoms. The van der Waals surface area contributed by atoms with Crippen LogP contribution in [0.3, 0.4) is 0 Å². The third kappa shape index (κ3) is 7.07. The fourth-order valence-electron chi connectivity index (χ4n) is 2.51. The molecule has 1 N–H and O–H groups in total. The van der Waals surface area contributed by atoms with Crippen molar-refractivity contribution in [2.45, 2.75) is 25.3 Å². The minimum atomic E-state index is -1.01. The van der Waals surface area contributed by atoms with E-state index in [9.17, 15) is 4.21 Å². The first-order chi connectivity index (χ1) is 12.1. The van der Waals surface area contributed by atoms with Crippen LogP contribution in [0.4, 0.5) is 0 Å². The molecule has 0 aromatic heterocycles.